The zero-order valence-corrected chi connectivity index (χ0v) is 12.4. The maximum Gasteiger partial charge on any atom is 0.150 e. The number of aromatic nitrogens is 2. The van der Waals surface area contributed by atoms with Gasteiger partial charge in [0.2, 0.25) is 0 Å². The summed E-state index contributed by atoms with van der Waals surface area (Å²) >= 11 is 0. The van der Waals surface area contributed by atoms with Gasteiger partial charge in [-0.15, -0.1) is 0 Å². The van der Waals surface area contributed by atoms with Crippen molar-refractivity contribution in [1.29, 1.82) is 0 Å². The Labute approximate surface area is 124 Å². The highest BCUT2D eigenvalue weighted by Gasteiger charge is 2.23. The van der Waals surface area contributed by atoms with E-state index in [2.05, 4.69) is 15.0 Å². The molecule has 0 amide bonds. The molecular weight excluding hydrogens is 266 g/mol. The van der Waals surface area contributed by atoms with Crippen LogP contribution in [0.2, 0.25) is 0 Å². The van der Waals surface area contributed by atoms with Gasteiger partial charge in [-0.25, -0.2) is 0 Å². The van der Waals surface area contributed by atoms with Crippen molar-refractivity contribution in [2.45, 2.75) is 25.3 Å². The molecule has 0 aliphatic carbocycles. The maximum atomic E-state index is 6.08. The van der Waals surface area contributed by atoms with Crippen LogP contribution in [0.1, 0.15) is 19.3 Å². The number of nitrogens with zero attached hydrogens (tertiary/aromatic N) is 5. The SMILES string of the molecule is Cn1ncc(N2C=C(N)C=NC2)c1N1CCC[C@@H](N)CC1. The molecule has 0 unspecified atom stereocenters. The zero-order chi connectivity index (χ0) is 14.8. The molecule has 2 aliphatic rings. The fraction of sp³-hybridized carbons (Fsp3) is 0.571. The second kappa shape index (κ2) is 5.77. The van der Waals surface area contributed by atoms with Crippen molar-refractivity contribution in [3.05, 3.63) is 18.1 Å². The van der Waals surface area contributed by atoms with Crippen LogP contribution in [0.4, 0.5) is 11.5 Å². The van der Waals surface area contributed by atoms with Crippen molar-refractivity contribution in [2.24, 2.45) is 23.5 Å². The highest BCUT2D eigenvalue weighted by Crippen LogP contribution is 2.31. The normalized spacial score (nSPS) is 23.1. The molecule has 0 radical (unpaired) electrons. The van der Waals surface area contributed by atoms with E-state index in [0.717, 1.165) is 43.9 Å². The fourth-order valence-corrected chi connectivity index (χ4v) is 2.96. The third kappa shape index (κ3) is 2.87. The summed E-state index contributed by atoms with van der Waals surface area (Å²) in [6, 6.07) is 0.307. The first-order chi connectivity index (χ1) is 10.1. The Balaban J connectivity index is 1.88. The van der Waals surface area contributed by atoms with Crippen LogP contribution in [0.25, 0.3) is 0 Å². The smallest absolute Gasteiger partial charge is 0.150 e. The predicted octanol–water partition coefficient (Wildman–Crippen LogP) is 0.386. The lowest BCUT2D eigenvalue weighted by atomic mass is 10.1. The Morgan fingerprint density at radius 3 is 2.95 bits per heavy atom. The van der Waals surface area contributed by atoms with Gasteiger partial charge in [0.25, 0.3) is 0 Å². The summed E-state index contributed by atoms with van der Waals surface area (Å²) in [7, 11) is 1.98. The predicted molar refractivity (Wildman–Crippen MR) is 85.4 cm³/mol. The molecule has 1 saturated heterocycles. The summed E-state index contributed by atoms with van der Waals surface area (Å²) in [5.74, 6) is 1.12. The first-order valence-electron chi connectivity index (χ1n) is 7.41. The van der Waals surface area contributed by atoms with Gasteiger partial charge in [0.05, 0.1) is 11.9 Å². The van der Waals surface area contributed by atoms with E-state index in [-0.39, 0.29) is 0 Å². The van der Waals surface area contributed by atoms with Crippen molar-refractivity contribution >= 4 is 17.7 Å². The summed E-state index contributed by atoms with van der Waals surface area (Å²) in [6.45, 7) is 2.55. The van der Waals surface area contributed by atoms with E-state index in [4.69, 9.17) is 11.5 Å². The lowest BCUT2D eigenvalue weighted by Gasteiger charge is -2.28. The molecule has 2 aliphatic heterocycles. The molecular formula is C14H23N7. The summed E-state index contributed by atoms with van der Waals surface area (Å²) in [4.78, 5) is 8.69. The molecule has 1 aromatic heterocycles. The number of anilines is 2. The molecule has 3 heterocycles. The minimum absolute atomic E-state index is 0.307. The van der Waals surface area contributed by atoms with E-state index in [9.17, 15) is 0 Å². The number of hydrogen-bond donors (Lipinski definition) is 2. The van der Waals surface area contributed by atoms with Gasteiger partial charge in [0.15, 0.2) is 5.82 Å². The number of rotatable bonds is 2. The van der Waals surface area contributed by atoms with E-state index in [1.807, 2.05) is 29.0 Å². The van der Waals surface area contributed by atoms with E-state index in [1.54, 1.807) is 6.21 Å². The Bertz CT molecular complexity index is 560. The van der Waals surface area contributed by atoms with Crippen LogP contribution in [-0.2, 0) is 7.05 Å². The number of allylic oxidation sites excluding steroid dienone is 1. The molecule has 0 spiro atoms. The molecule has 1 aromatic rings. The second-order valence-electron chi connectivity index (χ2n) is 5.71. The minimum atomic E-state index is 0.307. The lowest BCUT2D eigenvalue weighted by molar-refractivity contribution is 0.601. The van der Waals surface area contributed by atoms with Crippen molar-refractivity contribution in [3.8, 4) is 0 Å². The van der Waals surface area contributed by atoms with Crippen molar-refractivity contribution in [1.82, 2.24) is 9.78 Å². The van der Waals surface area contributed by atoms with Crippen molar-refractivity contribution in [2.75, 3.05) is 29.6 Å². The van der Waals surface area contributed by atoms with Gasteiger partial charge in [0, 0.05) is 38.6 Å². The van der Waals surface area contributed by atoms with E-state index >= 15 is 0 Å². The van der Waals surface area contributed by atoms with Gasteiger partial charge in [-0.2, -0.15) is 5.10 Å². The van der Waals surface area contributed by atoms with Gasteiger partial charge >= 0.3 is 0 Å². The first-order valence-corrected chi connectivity index (χ1v) is 7.41. The number of aryl methyl sites for hydroxylation is 1. The number of hydrogen-bond acceptors (Lipinski definition) is 6. The molecule has 3 rings (SSSR count). The van der Waals surface area contributed by atoms with Crippen LogP contribution in [0.3, 0.4) is 0 Å². The molecule has 7 nitrogen and oxygen atoms in total. The number of nitrogens with two attached hydrogens (primary N) is 2. The molecule has 21 heavy (non-hydrogen) atoms. The summed E-state index contributed by atoms with van der Waals surface area (Å²) < 4.78 is 1.93. The largest absolute Gasteiger partial charge is 0.396 e. The van der Waals surface area contributed by atoms with Crippen LogP contribution >= 0.6 is 0 Å². The maximum absolute atomic E-state index is 6.08. The lowest BCUT2D eigenvalue weighted by Crippen LogP contribution is -2.30. The molecule has 1 atom stereocenters. The molecule has 1 fully saturated rings. The van der Waals surface area contributed by atoms with Crippen molar-refractivity contribution < 1.29 is 0 Å². The molecule has 4 N–H and O–H groups in total. The molecule has 114 valence electrons. The van der Waals surface area contributed by atoms with Gasteiger partial charge in [-0.05, 0) is 19.3 Å². The third-order valence-corrected chi connectivity index (χ3v) is 4.05. The van der Waals surface area contributed by atoms with E-state index in [1.165, 1.54) is 0 Å². The standard InChI is InChI=1S/C14H23N7/c1-19-14(20-5-2-3-11(15)4-6-20)13(8-18-19)21-9-12(16)7-17-10-21/h7-9,11H,2-6,10,15-16H2,1H3/t11-/m1/s1. The second-order valence-corrected chi connectivity index (χ2v) is 5.71. The Morgan fingerprint density at radius 1 is 1.29 bits per heavy atom. The first kappa shape index (κ1) is 13.9. The van der Waals surface area contributed by atoms with E-state index in [0.29, 0.717) is 18.4 Å². The average molecular weight is 289 g/mol. The highest BCUT2D eigenvalue weighted by molar-refractivity contribution is 5.81. The molecule has 0 bridgehead atoms. The van der Waals surface area contributed by atoms with Gasteiger partial charge in [0.1, 0.15) is 12.4 Å². The van der Waals surface area contributed by atoms with Gasteiger partial charge in [-0.3, -0.25) is 9.67 Å². The summed E-state index contributed by atoms with van der Waals surface area (Å²) in [5, 5.41) is 4.42. The van der Waals surface area contributed by atoms with Crippen LogP contribution < -0.4 is 21.3 Å². The molecule has 0 aromatic carbocycles. The molecule has 7 heteroatoms. The van der Waals surface area contributed by atoms with E-state index < -0.39 is 0 Å². The van der Waals surface area contributed by atoms with Crippen molar-refractivity contribution in [3.63, 3.8) is 0 Å². The van der Waals surface area contributed by atoms with Crippen LogP contribution in [-0.4, -0.2) is 41.8 Å². The Hall–Kier alpha value is -2.02. The zero-order valence-electron chi connectivity index (χ0n) is 12.4. The highest BCUT2D eigenvalue weighted by atomic mass is 15.4. The Morgan fingerprint density at radius 2 is 2.14 bits per heavy atom. The average Bonchev–Trinajstić information content (AvgIpc) is 2.71. The summed E-state index contributed by atoms with van der Waals surface area (Å²) in [5.41, 5.74) is 13.6. The minimum Gasteiger partial charge on any atom is -0.396 e. The van der Waals surface area contributed by atoms with Crippen LogP contribution in [0.5, 0.6) is 0 Å². The third-order valence-electron chi connectivity index (χ3n) is 4.05. The fourth-order valence-electron chi connectivity index (χ4n) is 2.96. The van der Waals surface area contributed by atoms with Gasteiger partial charge < -0.3 is 21.3 Å². The quantitative estimate of drug-likeness (QED) is 0.822. The monoisotopic (exact) mass is 289 g/mol. The summed E-state index contributed by atoms with van der Waals surface area (Å²) in [6.07, 6.45) is 8.70. The topological polar surface area (TPSA) is 88.7 Å². The molecule has 0 saturated carbocycles. The van der Waals surface area contributed by atoms with Crippen LogP contribution in [0, 0.1) is 0 Å². The van der Waals surface area contributed by atoms with Crippen LogP contribution in [0.15, 0.2) is 23.1 Å². The Kier molecular flexibility index (Phi) is 3.83. The number of aliphatic imine (C=N–C) groups is 1. The van der Waals surface area contributed by atoms with Gasteiger partial charge in [-0.1, -0.05) is 0 Å².